The molecular weight excluding hydrogens is 268 g/mol. The first-order chi connectivity index (χ1) is 10.1. The summed E-state index contributed by atoms with van der Waals surface area (Å²) >= 11 is 0. The predicted molar refractivity (Wildman–Crippen MR) is 79.9 cm³/mol. The first-order valence-corrected chi connectivity index (χ1v) is 6.84. The summed E-state index contributed by atoms with van der Waals surface area (Å²) in [6.07, 6.45) is 0.0826. The molecule has 0 aliphatic carbocycles. The Bertz CT molecular complexity index is 829. The van der Waals surface area contributed by atoms with E-state index in [0.29, 0.717) is 17.6 Å². The standard InChI is InChI=1S/C16H16N2O3/c1-4-18-11(3)10(2)9-14(15(18)19)21-16-17-12-7-5-6-8-13(12)20-16/h5-9H,4H2,1-3H3. The Kier molecular flexibility index (Phi) is 3.25. The van der Waals surface area contributed by atoms with Crippen LogP contribution in [0.5, 0.6) is 11.8 Å². The Morgan fingerprint density at radius 2 is 2.05 bits per heavy atom. The van der Waals surface area contributed by atoms with Crippen molar-refractivity contribution in [2.24, 2.45) is 0 Å². The molecule has 1 aromatic carbocycles. The van der Waals surface area contributed by atoms with E-state index in [2.05, 4.69) is 4.98 Å². The maximum atomic E-state index is 12.4. The molecule has 0 atom stereocenters. The lowest BCUT2D eigenvalue weighted by molar-refractivity contribution is 0.336. The second-order valence-corrected chi connectivity index (χ2v) is 4.88. The maximum Gasteiger partial charge on any atom is 0.400 e. The van der Waals surface area contributed by atoms with Gasteiger partial charge in [-0.3, -0.25) is 4.79 Å². The normalized spacial score (nSPS) is 11.0. The molecular formula is C16H16N2O3. The van der Waals surface area contributed by atoms with Crippen molar-refractivity contribution < 1.29 is 9.15 Å². The second-order valence-electron chi connectivity index (χ2n) is 4.88. The molecule has 0 radical (unpaired) electrons. The molecule has 3 aromatic rings. The predicted octanol–water partition coefficient (Wildman–Crippen LogP) is 3.42. The highest BCUT2D eigenvalue weighted by Crippen LogP contribution is 2.24. The van der Waals surface area contributed by atoms with Crippen LogP contribution in [-0.4, -0.2) is 9.55 Å². The van der Waals surface area contributed by atoms with Gasteiger partial charge in [-0.15, -0.1) is 0 Å². The van der Waals surface area contributed by atoms with Gasteiger partial charge in [-0.2, -0.15) is 4.98 Å². The Hall–Kier alpha value is -2.56. The number of hydrogen-bond donors (Lipinski definition) is 0. The molecule has 0 aliphatic rings. The molecule has 0 aliphatic heterocycles. The van der Waals surface area contributed by atoms with E-state index in [1.54, 1.807) is 16.7 Å². The molecule has 0 saturated carbocycles. The molecule has 0 N–H and O–H groups in total. The highest BCUT2D eigenvalue weighted by atomic mass is 16.6. The Balaban J connectivity index is 2.05. The number of pyridine rings is 1. The van der Waals surface area contributed by atoms with Gasteiger partial charge in [0.25, 0.3) is 5.56 Å². The van der Waals surface area contributed by atoms with Crippen molar-refractivity contribution in [3.63, 3.8) is 0 Å². The number of nitrogens with zero attached hydrogens (tertiary/aromatic N) is 2. The minimum atomic E-state index is -0.178. The molecule has 0 spiro atoms. The van der Waals surface area contributed by atoms with Crippen LogP contribution in [0.15, 0.2) is 39.5 Å². The molecule has 0 fully saturated rings. The third kappa shape index (κ3) is 2.31. The van der Waals surface area contributed by atoms with Crippen molar-refractivity contribution in [3.8, 4) is 11.8 Å². The van der Waals surface area contributed by atoms with Crippen molar-refractivity contribution in [2.45, 2.75) is 27.3 Å². The average molecular weight is 284 g/mol. The molecule has 21 heavy (non-hydrogen) atoms. The van der Waals surface area contributed by atoms with E-state index in [4.69, 9.17) is 9.15 Å². The third-order valence-corrected chi connectivity index (χ3v) is 3.57. The van der Waals surface area contributed by atoms with E-state index in [0.717, 1.165) is 11.3 Å². The number of fused-ring (bicyclic) bond motifs is 1. The van der Waals surface area contributed by atoms with Gasteiger partial charge in [-0.1, -0.05) is 12.1 Å². The minimum Gasteiger partial charge on any atom is -0.409 e. The summed E-state index contributed by atoms with van der Waals surface area (Å²) in [6.45, 7) is 6.39. The number of ether oxygens (including phenoxy) is 1. The fraction of sp³-hybridized carbons (Fsp3) is 0.250. The number of rotatable bonds is 3. The zero-order valence-electron chi connectivity index (χ0n) is 12.2. The van der Waals surface area contributed by atoms with Gasteiger partial charge in [0.2, 0.25) is 0 Å². The van der Waals surface area contributed by atoms with Crippen molar-refractivity contribution >= 4 is 11.1 Å². The SMILES string of the molecule is CCn1c(C)c(C)cc(Oc2nc3ccccc3o2)c1=O. The molecule has 0 amide bonds. The van der Waals surface area contributed by atoms with Crippen LogP contribution in [-0.2, 0) is 6.54 Å². The van der Waals surface area contributed by atoms with Gasteiger partial charge in [0.1, 0.15) is 5.52 Å². The van der Waals surface area contributed by atoms with Crippen molar-refractivity contribution in [3.05, 3.63) is 51.9 Å². The number of aromatic nitrogens is 2. The van der Waals surface area contributed by atoms with Crippen LogP contribution in [0.25, 0.3) is 11.1 Å². The summed E-state index contributed by atoms with van der Waals surface area (Å²) in [5, 5.41) is 0. The van der Waals surface area contributed by atoms with Crippen molar-refractivity contribution in [1.82, 2.24) is 9.55 Å². The summed E-state index contributed by atoms with van der Waals surface area (Å²) in [5.74, 6) is 0.228. The Morgan fingerprint density at radius 3 is 2.76 bits per heavy atom. The zero-order chi connectivity index (χ0) is 15.0. The fourth-order valence-electron chi connectivity index (χ4n) is 2.30. The lowest BCUT2D eigenvalue weighted by Crippen LogP contribution is -2.23. The van der Waals surface area contributed by atoms with Crippen LogP contribution < -0.4 is 10.3 Å². The van der Waals surface area contributed by atoms with Crippen LogP contribution in [0.4, 0.5) is 0 Å². The quantitative estimate of drug-likeness (QED) is 0.739. The van der Waals surface area contributed by atoms with Gasteiger partial charge in [0.15, 0.2) is 11.3 Å². The van der Waals surface area contributed by atoms with E-state index in [1.807, 2.05) is 39.0 Å². The summed E-state index contributed by atoms with van der Waals surface area (Å²) in [4.78, 5) is 16.6. The van der Waals surface area contributed by atoms with Gasteiger partial charge in [0.05, 0.1) is 0 Å². The first kappa shape index (κ1) is 13.4. The molecule has 108 valence electrons. The number of hydrogen-bond acceptors (Lipinski definition) is 4. The average Bonchev–Trinajstić information content (AvgIpc) is 2.87. The van der Waals surface area contributed by atoms with Crippen LogP contribution in [0.2, 0.25) is 0 Å². The molecule has 2 aromatic heterocycles. The van der Waals surface area contributed by atoms with Crippen LogP contribution in [0.1, 0.15) is 18.2 Å². The first-order valence-electron chi connectivity index (χ1n) is 6.84. The minimum absolute atomic E-state index is 0.0826. The highest BCUT2D eigenvalue weighted by molar-refractivity contribution is 5.72. The zero-order valence-corrected chi connectivity index (χ0v) is 12.2. The molecule has 0 bridgehead atoms. The molecule has 2 heterocycles. The lowest BCUT2D eigenvalue weighted by Gasteiger charge is -2.11. The smallest absolute Gasteiger partial charge is 0.400 e. The molecule has 0 unspecified atom stereocenters. The van der Waals surface area contributed by atoms with E-state index < -0.39 is 0 Å². The van der Waals surface area contributed by atoms with Gasteiger partial charge in [0, 0.05) is 12.2 Å². The summed E-state index contributed by atoms with van der Waals surface area (Å²) in [5.41, 5.74) is 3.08. The number of aryl methyl sites for hydroxylation is 1. The van der Waals surface area contributed by atoms with Crippen LogP contribution in [0.3, 0.4) is 0 Å². The monoisotopic (exact) mass is 284 g/mol. The number of oxazole rings is 1. The summed E-state index contributed by atoms with van der Waals surface area (Å²) < 4.78 is 12.7. The van der Waals surface area contributed by atoms with Gasteiger partial charge in [-0.05, 0) is 44.5 Å². The van der Waals surface area contributed by atoms with Crippen molar-refractivity contribution in [2.75, 3.05) is 0 Å². The fourth-order valence-corrected chi connectivity index (χ4v) is 2.30. The molecule has 0 saturated heterocycles. The van der Waals surface area contributed by atoms with Crippen LogP contribution in [0, 0.1) is 13.8 Å². The maximum absolute atomic E-state index is 12.4. The Labute approximate surface area is 121 Å². The Morgan fingerprint density at radius 1 is 1.29 bits per heavy atom. The summed E-state index contributed by atoms with van der Waals surface area (Å²) in [6, 6.07) is 9.08. The lowest BCUT2D eigenvalue weighted by atomic mass is 10.2. The topological polar surface area (TPSA) is 57.3 Å². The third-order valence-electron chi connectivity index (χ3n) is 3.57. The number of benzene rings is 1. The van der Waals surface area contributed by atoms with Crippen molar-refractivity contribution in [1.29, 1.82) is 0 Å². The van der Waals surface area contributed by atoms with E-state index in [-0.39, 0.29) is 17.4 Å². The van der Waals surface area contributed by atoms with Gasteiger partial charge >= 0.3 is 6.08 Å². The van der Waals surface area contributed by atoms with E-state index in [1.165, 1.54) is 0 Å². The van der Waals surface area contributed by atoms with E-state index >= 15 is 0 Å². The van der Waals surface area contributed by atoms with Gasteiger partial charge in [-0.25, -0.2) is 0 Å². The highest BCUT2D eigenvalue weighted by Gasteiger charge is 2.13. The van der Waals surface area contributed by atoms with E-state index in [9.17, 15) is 4.79 Å². The molecule has 3 rings (SSSR count). The largest absolute Gasteiger partial charge is 0.409 e. The second kappa shape index (κ2) is 5.09. The number of para-hydroxylation sites is 2. The van der Waals surface area contributed by atoms with Crippen LogP contribution >= 0.6 is 0 Å². The summed E-state index contributed by atoms with van der Waals surface area (Å²) in [7, 11) is 0. The van der Waals surface area contributed by atoms with Gasteiger partial charge < -0.3 is 13.7 Å². The molecule has 5 heteroatoms. The molecule has 5 nitrogen and oxygen atoms in total.